The SMILES string of the molecule is CCC(=O)N(c1ccccn1)C(C)CN1CC(C)CCC1C. The summed E-state index contributed by atoms with van der Waals surface area (Å²) >= 11 is 0. The number of likely N-dealkylation sites (tertiary alicyclic amines) is 1. The van der Waals surface area contributed by atoms with Crippen LogP contribution in [0, 0.1) is 5.92 Å². The Morgan fingerprint density at radius 1 is 1.41 bits per heavy atom. The van der Waals surface area contributed by atoms with Gasteiger partial charge in [0.25, 0.3) is 0 Å². The molecule has 22 heavy (non-hydrogen) atoms. The van der Waals surface area contributed by atoms with E-state index < -0.39 is 0 Å². The molecule has 4 nitrogen and oxygen atoms in total. The molecule has 3 unspecified atom stereocenters. The molecule has 1 fully saturated rings. The second-order valence-electron chi connectivity index (χ2n) is 6.64. The van der Waals surface area contributed by atoms with Crippen LogP contribution in [0.3, 0.4) is 0 Å². The minimum absolute atomic E-state index is 0.134. The van der Waals surface area contributed by atoms with Crippen molar-refractivity contribution in [1.82, 2.24) is 9.88 Å². The van der Waals surface area contributed by atoms with E-state index in [1.54, 1.807) is 6.20 Å². The molecule has 1 aliphatic heterocycles. The Labute approximate surface area is 134 Å². The van der Waals surface area contributed by atoms with Gasteiger partial charge in [-0.1, -0.05) is 19.9 Å². The summed E-state index contributed by atoms with van der Waals surface area (Å²) in [7, 11) is 0. The normalized spacial score (nSPS) is 24.0. The molecular formula is C18H29N3O. The molecule has 0 N–H and O–H groups in total. The molecule has 0 radical (unpaired) electrons. The van der Waals surface area contributed by atoms with Gasteiger partial charge in [0.1, 0.15) is 5.82 Å². The maximum absolute atomic E-state index is 12.4. The fourth-order valence-corrected chi connectivity index (χ4v) is 3.32. The van der Waals surface area contributed by atoms with E-state index in [2.05, 4.69) is 30.7 Å². The lowest BCUT2D eigenvalue weighted by Crippen LogP contribution is -2.50. The Bertz CT molecular complexity index is 476. The number of hydrogen-bond donors (Lipinski definition) is 0. The molecule has 4 heteroatoms. The number of carbonyl (C=O) groups excluding carboxylic acids is 1. The number of nitrogens with zero attached hydrogens (tertiary/aromatic N) is 3. The van der Waals surface area contributed by atoms with Crippen LogP contribution in [0.15, 0.2) is 24.4 Å². The van der Waals surface area contributed by atoms with Crippen LogP contribution in [-0.4, -0.2) is 41.0 Å². The summed E-state index contributed by atoms with van der Waals surface area (Å²) in [5.41, 5.74) is 0. The van der Waals surface area contributed by atoms with Crippen molar-refractivity contribution in [3.63, 3.8) is 0 Å². The highest BCUT2D eigenvalue weighted by Gasteiger charge is 2.28. The van der Waals surface area contributed by atoms with Crippen LogP contribution < -0.4 is 4.90 Å². The van der Waals surface area contributed by atoms with Crippen molar-refractivity contribution in [2.24, 2.45) is 5.92 Å². The zero-order chi connectivity index (χ0) is 16.1. The molecule has 0 aromatic carbocycles. The van der Waals surface area contributed by atoms with Crippen LogP contribution in [0.4, 0.5) is 5.82 Å². The molecule has 0 saturated carbocycles. The van der Waals surface area contributed by atoms with Gasteiger partial charge in [-0.25, -0.2) is 4.98 Å². The average Bonchev–Trinajstić information content (AvgIpc) is 2.52. The van der Waals surface area contributed by atoms with Gasteiger partial charge in [0.15, 0.2) is 0 Å². The minimum atomic E-state index is 0.134. The summed E-state index contributed by atoms with van der Waals surface area (Å²) in [6, 6.07) is 6.48. The van der Waals surface area contributed by atoms with Gasteiger partial charge in [-0.15, -0.1) is 0 Å². The van der Waals surface area contributed by atoms with Crippen molar-refractivity contribution in [2.45, 2.75) is 59.0 Å². The Hall–Kier alpha value is -1.42. The summed E-state index contributed by atoms with van der Waals surface area (Å²) in [6.45, 7) is 10.7. The molecule has 0 aliphatic carbocycles. The number of rotatable bonds is 5. The van der Waals surface area contributed by atoms with E-state index in [0.717, 1.165) is 24.8 Å². The topological polar surface area (TPSA) is 36.4 Å². The number of hydrogen-bond acceptors (Lipinski definition) is 3. The summed E-state index contributed by atoms with van der Waals surface area (Å²) in [6.07, 6.45) is 4.82. The number of amides is 1. The van der Waals surface area contributed by atoms with Crippen molar-refractivity contribution in [1.29, 1.82) is 0 Å². The second kappa shape index (κ2) is 7.73. The largest absolute Gasteiger partial charge is 0.298 e. The summed E-state index contributed by atoms with van der Waals surface area (Å²) in [5, 5.41) is 0. The van der Waals surface area contributed by atoms with E-state index >= 15 is 0 Å². The monoisotopic (exact) mass is 303 g/mol. The highest BCUT2D eigenvalue weighted by Crippen LogP contribution is 2.23. The Kier molecular flexibility index (Phi) is 5.95. The average molecular weight is 303 g/mol. The van der Waals surface area contributed by atoms with Crippen molar-refractivity contribution in [3.05, 3.63) is 24.4 Å². The van der Waals surface area contributed by atoms with Crippen molar-refractivity contribution in [2.75, 3.05) is 18.0 Å². The molecule has 1 aromatic heterocycles. The Morgan fingerprint density at radius 3 is 2.82 bits per heavy atom. The summed E-state index contributed by atoms with van der Waals surface area (Å²) < 4.78 is 0. The van der Waals surface area contributed by atoms with Crippen molar-refractivity contribution in [3.8, 4) is 0 Å². The van der Waals surface area contributed by atoms with Crippen LogP contribution in [0.25, 0.3) is 0 Å². The number of piperidine rings is 1. The molecule has 1 aromatic rings. The summed E-state index contributed by atoms with van der Waals surface area (Å²) in [5.74, 6) is 1.65. The van der Waals surface area contributed by atoms with Gasteiger partial charge >= 0.3 is 0 Å². The third-order valence-electron chi connectivity index (χ3n) is 4.65. The van der Waals surface area contributed by atoms with Gasteiger partial charge in [0.2, 0.25) is 5.91 Å². The maximum Gasteiger partial charge on any atom is 0.228 e. The van der Waals surface area contributed by atoms with E-state index in [9.17, 15) is 4.79 Å². The van der Waals surface area contributed by atoms with Crippen LogP contribution >= 0.6 is 0 Å². The van der Waals surface area contributed by atoms with Crippen LogP contribution in [0.1, 0.15) is 47.0 Å². The number of pyridine rings is 1. The number of carbonyl (C=O) groups is 1. The summed E-state index contributed by atoms with van der Waals surface area (Å²) in [4.78, 5) is 21.2. The zero-order valence-electron chi connectivity index (χ0n) is 14.3. The van der Waals surface area contributed by atoms with Crippen molar-refractivity contribution >= 4 is 11.7 Å². The maximum atomic E-state index is 12.4. The molecular weight excluding hydrogens is 274 g/mol. The highest BCUT2D eigenvalue weighted by molar-refractivity contribution is 5.92. The van der Waals surface area contributed by atoms with E-state index in [0.29, 0.717) is 12.5 Å². The first-order valence-electron chi connectivity index (χ1n) is 8.50. The van der Waals surface area contributed by atoms with Crippen molar-refractivity contribution < 1.29 is 4.79 Å². The molecule has 0 spiro atoms. The lowest BCUT2D eigenvalue weighted by Gasteiger charge is -2.40. The fourth-order valence-electron chi connectivity index (χ4n) is 3.32. The van der Waals surface area contributed by atoms with Crippen LogP contribution in [0.2, 0.25) is 0 Å². The molecule has 1 saturated heterocycles. The lowest BCUT2D eigenvalue weighted by atomic mass is 9.94. The molecule has 1 aliphatic rings. The predicted octanol–water partition coefficient (Wildman–Crippen LogP) is 3.33. The zero-order valence-corrected chi connectivity index (χ0v) is 14.3. The predicted molar refractivity (Wildman–Crippen MR) is 90.9 cm³/mol. The first-order chi connectivity index (χ1) is 10.5. The van der Waals surface area contributed by atoms with Gasteiger partial charge in [0, 0.05) is 37.8 Å². The molecule has 3 atom stereocenters. The third-order valence-corrected chi connectivity index (χ3v) is 4.65. The van der Waals surface area contributed by atoms with Crippen LogP contribution in [-0.2, 0) is 4.79 Å². The number of aromatic nitrogens is 1. The highest BCUT2D eigenvalue weighted by atomic mass is 16.2. The molecule has 1 amide bonds. The number of anilines is 1. The first kappa shape index (κ1) is 16.9. The quantitative estimate of drug-likeness (QED) is 0.837. The Balaban J connectivity index is 2.12. The molecule has 2 heterocycles. The van der Waals surface area contributed by atoms with Gasteiger partial charge in [-0.3, -0.25) is 14.6 Å². The standard InChI is InChI=1S/C18H29N3O/c1-5-18(22)21(17-8-6-7-11-19-17)16(4)13-20-12-14(2)9-10-15(20)3/h6-8,11,14-16H,5,9-10,12-13H2,1-4H3. The lowest BCUT2D eigenvalue weighted by molar-refractivity contribution is -0.118. The van der Waals surface area contributed by atoms with Crippen LogP contribution in [0.5, 0.6) is 0 Å². The van der Waals surface area contributed by atoms with E-state index in [-0.39, 0.29) is 11.9 Å². The smallest absolute Gasteiger partial charge is 0.228 e. The third kappa shape index (κ3) is 4.07. The minimum Gasteiger partial charge on any atom is -0.298 e. The van der Waals surface area contributed by atoms with E-state index in [1.807, 2.05) is 30.0 Å². The van der Waals surface area contributed by atoms with E-state index in [1.165, 1.54) is 12.8 Å². The van der Waals surface area contributed by atoms with Gasteiger partial charge in [-0.2, -0.15) is 0 Å². The van der Waals surface area contributed by atoms with Gasteiger partial charge in [0.05, 0.1) is 0 Å². The second-order valence-corrected chi connectivity index (χ2v) is 6.64. The van der Waals surface area contributed by atoms with E-state index in [4.69, 9.17) is 0 Å². The Morgan fingerprint density at radius 2 is 2.18 bits per heavy atom. The molecule has 2 rings (SSSR count). The molecule has 0 bridgehead atoms. The van der Waals surface area contributed by atoms with Gasteiger partial charge in [-0.05, 0) is 44.7 Å². The fraction of sp³-hybridized carbons (Fsp3) is 0.667. The van der Waals surface area contributed by atoms with Gasteiger partial charge < -0.3 is 0 Å². The molecule has 122 valence electrons. The first-order valence-corrected chi connectivity index (χ1v) is 8.50.